The summed E-state index contributed by atoms with van der Waals surface area (Å²) in [6.07, 6.45) is 2.89. The Labute approximate surface area is 99.3 Å². The Kier molecular flexibility index (Phi) is 3.69. The summed E-state index contributed by atoms with van der Waals surface area (Å²) in [5, 5.41) is 7.42. The van der Waals surface area contributed by atoms with Crippen molar-refractivity contribution in [2.75, 3.05) is 7.05 Å². The topological polar surface area (TPSA) is 42.7 Å². The Bertz CT molecular complexity index is 446. The Morgan fingerprint density at radius 3 is 2.88 bits per heavy atom. The molecule has 0 unspecified atom stereocenters. The van der Waals surface area contributed by atoms with E-state index in [1.165, 1.54) is 9.75 Å². The average Bonchev–Trinajstić information content (AvgIpc) is 2.89. The first kappa shape index (κ1) is 11.3. The number of hydrogen-bond acceptors (Lipinski definition) is 4. The minimum Gasteiger partial charge on any atom is -0.313 e. The molecule has 0 aliphatic heterocycles. The van der Waals surface area contributed by atoms with E-state index in [4.69, 9.17) is 0 Å². The van der Waals surface area contributed by atoms with E-state index in [0.717, 1.165) is 25.3 Å². The molecule has 0 atom stereocenters. The van der Waals surface area contributed by atoms with E-state index < -0.39 is 0 Å². The number of thiophene rings is 1. The zero-order valence-electron chi connectivity index (χ0n) is 9.60. The molecule has 16 heavy (non-hydrogen) atoms. The molecule has 0 fully saturated rings. The number of nitrogens with one attached hydrogen (secondary N) is 1. The summed E-state index contributed by atoms with van der Waals surface area (Å²) in [6, 6.07) is 4.36. The summed E-state index contributed by atoms with van der Waals surface area (Å²) in [6.45, 7) is 3.72. The summed E-state index contributed by atoms with van der Waals surface area (Å²) in [5.74, 6) is 0.842. The smallest absolute Gasteiger partial charge is 0.164 e. The maximum atomic E-state index is 4.38. The lowest BCUT2D eigenvalue weighted by Crippen LogP contribution is -2.07. The van der Waals surface area contributed by atoms with Gasteiger partial charge in [-0.1, -0.05) is 6.92 Å². The van der Waals surface area contributed by atoms with Crippen LogP contribution in [0.2, 0.25) is 0 Å². The second-order valence-electron chi connectivity index (χ2n) is 3.61. The van der Waals surface area contributed by atoms with Crippen LogP contribution in [0.15, 0.2) is 18.5 Å². The SMILES string of the molecule is CCc1ccc(Cn2cnc(CNC)n2)s1. The molecule has 0 saturated carbocycles. The van der Waals surface area contributed by atoms with Gasteiger partial charge in [-0.05, 0) is 25.6 Å². The van der Waals surface area contributed by atoms with Gasteiger partial charge in [-0.15, -0.1) is 11.3 Å². The molecule has 0 amide bonds. The monoisotopic (exact) mass is 236 g/mol. The van der Waals surface area contributed by atoms with Crippen LogP contribution in [-0.4, -0.2) is 21.8 Å². The van der Waals surface area contributed by atoms with Crippen LogP contribution in [0.5, 0.6) is 0 Å². The van der Waals surface area contributed by atoms with E-state index in [-0.39, 0.29) is 0 Å². The Hall–Kier alpha value is -1.20. The minimum atomic E-state index is 0.720. The third-order valence-corrected chi connectivity index (χ3v) is 3.52. The minimum absolute atomic E-state index is 0.720. The molecule has 2 heterocycles. The van der Waals surface area contributed by atoms with Crippen molar-refractivity contribution in [1.29, 1.82) is 0 Å². The van der Waals surface area contributed by atoms with Crippen LogP contribution in [0, 0.1) is 0 Å². The number of rotatable bonds is 5. The lowest BCUT2D eigenvalue weighted by atomic mass is 10.4. The molecule has 0 aromatic carbocycles. The maximum absolute atomic E-state index is 4.38. The summed E-state index contributed by atoms with van der Waals surface area (Å²) < 4.78 is 1.89. The fourth-order valence-electron chi connectivity index (χ4n) is 1.51. The van der Waals surface area contributed by atoms with E-state index in [2.05, 4.69) is 34.5 Å². The van der Waals surface area contributed by atoms with Crippen molar-refractivity contribution in [3.63, 3.8) is 0 Å². The fraction of sp³-hybridized carbons (Fsp3) is 0.455. The highest BCUT2D eigenvalue weighted by Crippen LogP contribution is 2.17. The van der Waals surface area contributed by atoms with Crippen molar-refractivity contribution >= 4 is 11.3 Å². The molecule has 0 aliphatic carbocycles. The van der Waals surface area contributed by atoms with Crippen molar-refractivity contribution < 1.29 is 0 Å². The van der Waals surface area contributed by atoms with Crippen molar-refractivity contribution in [2.24, 2.45) is 0 Å². The molecule has 0 aliphatic rings. The fourth-order valence-corrected chi connectivity index (χ4v) is 2.46. The Morgan fingerprint density at radius 2 is 2.19 bits per heavy atom. The van der Waals surface area contributed by atoms with E-state index >= 15 is 0 Å². The van der Waals surface area contributed by atoms with Gasteiger partial charge in [0.15, 0.2) is 5.82 Å². The molecule has 0 radical (unpaired) electrons. The molecule has 86 valence electrons. The first-order valence-corrected chi connectivity index (χ1v) is 6.24. The van der Waals surface area contributed by atoms with Gasteiger partial charge in [-0.3, -0.25) is 0 Å². The lowest BCUT2D eigenvalue weighted by Gasteiger charge is -1.96. The van der Waals surface area contributed by atoms with Gasteiger partial charge in [-0.25, -0.2) is 9.67 Å². The van der Waals surface area contributed by atoms with Crippen LogP contribution in [0.25, 0.3) is 0 Å². The van der Waals surface area contributed by atoms with Gasteiger partial charge >= 0.3 is 0 Å². The predicted molar refractivity (Wildman–Crippen MR) is 65.6 cm³/mol. The van der Waals surface area contributed by atoms with Crippen LogP contribution < -0.4 is 5.32 Å². The van der Waals surface area contributed by atoms with Crippen molar-refractivity contribution in [2.45, 2.75) is 26.4 Å². The van der Waals surface area contributed by atoms with Gasteiger partial charge in [0.05, 0.1) is 13.1 Å². The van der Waals surface area contributed by atoms with Gasteiger partial charge < -0.3 is 5.32 Å². The quantitative estimate of drug-likeness (QED) is 0.858. The largest absolute Gasteiger partial charge is 0.313 e. The molecule has 0 bridgehead atoms. The summed E-state index contributed by atoms with van der Waals surface area (Å²) >= 11 is 1.85. The van der Waals surface area contributed by atoms with E-state index in [0.29, 0.717) is 0 Å². The molecule has 2 rings (SSSR count). The van der Waals surface area contributed by atoms with Crippen molar-refractivity contribution in [3.05, 3.63) is 34.0 Å². The zero-order chi connectivity index (χ0) is 11.4. The van der Waals surface area contributed by atoms with Gasteiger partial charge in [0, 0.05) is 9.75 Å². The summed E-state index contributed by atoms with van der Waals surface area (Å²) in [7, 11) is 1.90. The van der Waals surface area contributed by atoms with Crippen LogP contribution in [0.4, 0.5) is 0 Å². The Balaban J connectivity index is 2.02. The summed E-state index contributed by atoms with van der Waals surface area (Å²) in [4.78, 5) is 6.98. The number of aryl methyl sites for hydroxylation is 1. The first-order chi connectivity index (χ1) is 7.81. The highest BCUT2D eigenvalue weighted by Gasteiger charge is 2.02. The molecule has 4 nitrogen and oxygen atoms in total. The second kappa shape index (κ2) is 5.23. The van der Waals surface area contributed by atoms with Crippen molar-refractivity contribution in [3.8, 4) is 0 Å². The number of aromatic nitrogens is 3. The van der Waals surface area contributed by atoms with Crippen LogP contribution in [0.1, 0.15) is 22.5 Å². The van der Waals surface area contributed by atoms with Crippen LogP contribution >= 0.6 is 11.3 Å². The first-order valence-electron chi connectivity index (χ1n) is 5.42. The normalized spacial score (nSPS) is 10.9. The van der Waals surface area contributed by atoms with Gasteiger partial charge in [0.2, 0.25) is 0 Å². The number of nitrogens with zero attached hydrogens (tertiary/aromatic N) is 3. The molecule has 2 aromatic rings. The highest BCUT2D eigenvalue weighted by molar-refractivity contribution is 7.11. The third-order valence-electron chi connectivity index (χ3n) is 2.30. The molecular formula is C11H16N4S. The molecule has 5 heteroatoms. The van der Waals surface area contributed by atoms with Crippen molar-refractivity contribution in [1.82, 2.24) is 20.1 Å². The lowest BCUT2D eigenvalue weighted by molar-refractivity contribution is 0.664. The van der Waals surface area contributed by atoms with Gasteiger partial charge in [-0.2, -0.15) is 5.10 Å². The Morgan fingerprint density at radius 1 is 1.38 bits per heavy atom. The molecule has 2 aromatic heterocycles. The molecule has 1 N–H and O–H groups in total. The predicted octanol–water partition coefficient (Wildman–Crippen LogP) is 1.67. The van der Waals surface area contributed by atoms with E-state index in [9.17, 15) is 0 Å². The van der Waals surface area contributed by atoms with Gasteiger partial charge in [0.25, 0.3) is 0 Å². The maximum Gasteiger partial charge on any atom is 0.164 e. The molecule has 0 saturated heterocycles. The summed E-state index contributed by atoms with van der Waals surface area (Å²) in [5.41, 5.74) is 0. The molecular weight excluding hydrogens is 220 g/mol. The van der Waals surface area contributed by atoms with Crippen LogP contribution in [0.3, 0.4) is 0 Å². The highest BCUT2D eigenvalue weighted by atomic mass is 32.1. The van der Waals surface area contributed by atoms with E-state index in [1.54, 1.807) is 6.33 Å². The van der Waals surface area contributed by atoms with E-state index in [1.807, 2.05) is 23.1 Å². The third kappa shape index (κ3) is 2.68. The second-order valence-corrected chi connectivity index (χ2v) is 4.86. The van der Waals surface area contributed by atoms with Crippen LogP contribution in [-0.2, 0) is 19.5 Å². The zero-order valence-corrected chi connectivity index (χ0v) is 10.4. The number of hydrogen-bond donors (Lipinski definition) is 1. The van der Waals surface area contributed by atoms with Gasteiger partial charge in [0.1, 0.15) is 6.33 Å². The molecule has 0 spiro atoms. The standard InChI is InChI=1S/C11H16N4S/c1-3-9-4-5-10(16-9)7-15-8-13-11(14-15)6-12-2/h4-5,8,12H,3,6-7H2,1-2H3. The average molecular weight is 236 g/mol.